The van der Waals surface area contributed by atoms with Crippen LogP contribution < -0.4 is 0 Å². The Kier molecular flexibility index (Phi) is 5.59. The van der Waals surface area contributed by atoms with Gasteiger partial charge in [-0.3, -0.25) is 8.98 Å². The summed E-state index contributed by atoms with van der Waals surface area (Å²) in [6.07, 6.45) is 3.19. The topological polar surface area (TPSA) is 69.7 Å². The molecule has 0 bridgehead atoms. The highest BCUT2D eigenvalue weighted by molar-refractivity contribution is 7.86. The van der Waals surface area contributed by atoms with Gasteiger partial charge in [0, 0.05) is 0 Å². The second-order valence-corrected chi connectivity index (χ2v) is 7.26. The van der Waals surface area contributed by atoms with Crippen molar-refractivity contribution in [2.75, 3.05) is 12.9 Å². The molecule has 0 saturated heterocycles. The number of hydrogen-bond acceptors (Lipinski definition) is 5. The van der Waals surface area contributed by atoms with Gasteiger partial charge in [0.2, 0.25) is 0 Å². The molecule has 5 nitrogen and oxygen atoms in total. The van der Waals surface area contributed by atoms with Gasteiger partial charge in [0.25, 0.3) is 10.1 Å². The van der Waals surface area contributed by atoms with Crippen molar-refractivity contribution in [2.45, 2.75) is 32.8 Å². The Morgan fingerprint density at radius 1 is 1.26 bits per heavy atom. The van der Waals surface area contributed by atoms with Crippen LogP contribution in [0.4, 0.5) is 0 Å². The predicted molar refractivity (Wildman–Crippen MR) is 88.2 cm³/mol. The van der Waals surface area contributed by atoms with Gasteiger partial charge in [-0.05, 0) is 49.5 Å². The molecule has 6 heteroatoms. The van der Waals surface area contributed by atoms with E-state index in [1.807, 2.05) is 31.2 Å². The molecule has 1 aromatic rings. The van der Waals surface area contributed by atoms with E-state index in [1.54, 1.807) is 13.0 Å². The van der Waals surface area contributed by atoms with Crippen LogP contribution in [0.5, 0.6) is 0 Å². The molecule has 0 heterocycles. The lowest BCUT2D eigenvalue weighted by Gasteiger charge is -2.28. The lowest BCUT2D eigenvalue weighted by Crippen LogP contribution is -2.28. The summed E-state index contributed by atoms with van der Waals surface area (Å²) in [4.78, 5) is 12.3. The quantitative estimate of drug-likeness (QED) is 0.610. The van der Waals surface area contributed by atoms with Gasteiger partial charge in [-0.1, -0.05) is 24.3 Å². The maximum Gasteiger partial charge on any atom is 0.313 e. The summed E-state index contributed by atoms with van der Waals surface area (Å²) in [7, 11) is -3.55. The van der Waals surface area contributed by atoms with Crippen molar-refractivity contribution in [2.24, 2.45) is 5.92 Å². The zero-order chi connectivity index (χ0) is 17.0. The molecule has 0 aromatic heterocycles. The van der Waals surface area contributed by atoms with E-state index >= 15 is 0 Å². The van der Waals surface area contributed by atoms with Crippen molar-refractivity contribution in [3.63, 3.8) is 0 Å². The van der Waals surface area contributed by atoms with E-state index in [0.29, 0.717) is 19.4 Å². The minimum atomic E-state index is -3.55. The van der Waals surface area contributed by atoms with Crippen LogP contribution in [0.25, 0.3) is 5.57 Å². The first-order chi connectivity index (χ1) is 10.8. The van der Waals surface area contributed by atoms with Gasteiger partial charge in [0.1, 0.15) is 0 Å². The zero-order valence-corrected chi connectivity index (χ0v) is 14.4. The molecule has 0 radical (unpaired) electrons. The molecule has 23 heavy (non-hydrogen) atoms. The average molecular weight is 338 g/mol. The van der Waals surface area contributed by atoms with Gasteiger partial charge in [-0.15, -0.1) is 0 Å². The van der Waals surface area contributed by atoms with E-state index < -0.39 is 22.1 Å². The van der Waals surface area contributed by atoms with E-state index in [2.05, 4.69) is 0 Å². The van der Waals surface area contributed by atoms with E-state index in [4.69, 9.17) is 8.92 Å². The van der Waals surface area contributed by atoms with Crippen LogP contribution >= 0.6 is 0 Å². The third-order valence-corrected chi connectivity index (χ3v) is 4.40. The maximum absolute atomic E-state index is 12.3. The smallest absolute Gasteiger partial charge is 0.313 e. The standard InChI is InChI=1S/C17H22O5S/c1-4-21-17(18)15-10-9-13(22-23(3,19)20)11-16(15)14-8-6-5-7-12(14)2/h5-8,11,13,15H,4,9-10H2,1-3H3. The lowest BCUT2D eigenvalue weighted by molar-refractivity contribution is -0.146. The molecule has 2 unspecified atom stereocenters. The van der Waals surface area contributed by atoms with Crippen molar-refractivity contribution in [1.29, 1.82) is 0 Å². The molecule has 126 valence electrons. The maximum atomic E-state index is 12.3. The molecule has 0 fully saturated rings. The first-order valence-corrected chi connectivity index (χ1v) is 9.46. The monoisotopic (exact) mass is 338 g/mol. The first-order valence-electron chi connectivity index (χ1n) is 7.64. The van der Waals surface area contributed by atoms with E-state index in [1.165, 1.54) is 0 Å². The SMILES string of the molecule is CCOC(=O)C1CCC(OS(C)(=O)=O)C=C1c1ccccc1C. The second kappa shape index (κ2) is 7.27. The molecule has 2 atom stereocenters. The summed E-state index contributed by atoms with van der Waals surface area (Å²) in [6, 6.07) is 7.70. The number of carbonyl (C=O) groups excluding carboxylic acids is 1. The zero-order valence-electron chi connectivity index (χ0n) is 13.6. The predicted octanol–water partition coefficient (Wildman–Crippen LogP) is 2.70. The minimum Gasteiger partial charge on any atom is -0.466 e. The van der Waals surface area contributed by atoms with E-state index in [9.17, 15) is 13.2 Å². The summed E-state index contributed by atoms with van der Waals surface area (Å²) >= 11 is 0. The normalized spacial score (nSPS) is 21.6. The highest BCUT2D eigenvalue weighted by atomic mass is 32.2. The Balaban J connectivity index is 2.41. The number of esters is 1. The number of carbonyl (C=O) groups is 1. The van der Waals surface area contributed by atoms with Crippen molar-refractivity contribution >= 4 is 21.7 Å². The molecule has 1 aliphatic rings. The van der Waals surface area contributed by atoms with Gasteiger partial charge in [0.15, 0.2) is 0 Å². The first kappa shape index (κ1) is 17.7. The van der Waals surface area contributed by atoms with Crippen LogP contribution in [0, 0.1) is 12.8 Å². The Bertz CT molecular complexity index is 705. The Morgan fingerprint density at radius 3 is 2.57 bits per heavy atom. The van der Waals surface area contributed by atoms with Gasteiger partial charge in [0.05, 0.1) is 24.9 Å². The van der Waals surface area contributed by atoms with E-state index in [0.717, 1.165) is 23.0 Å². The highest BCUT2D eigenvalue weighted by Gasteiger charge is 2.32. The fourth-order valence-corrected chi connectivity index (χ4v) is 3.45. The molecule has 1 aromatic carbocycles. The molecule has 0 N–H and O–H groups in total. The molecule has 2 rings (SSSR count). The third-order valence-electron chi connectivity index (χ3n) is 3.81. The van der Waals surface area contributed by atoms with Crippen LogP contribution in [0.1, 0.15) is 30.9 Å². The third kappa shape index (κ3) is 4.65. The molecular formula is C17H22O5S. The van der Waals surface area contributed by atoms with E-state index in [-0.39, 0.29) is 5.97 Å². The van der Waals surface area contributed by atoms with Gasteiger partial charge in [-0.25, -0.2) is 0 Å². The average Bonchev–Trinajstić information content (AvgIpc) is 2.46. The fraction of sp³-hybridized carbons (Fsp3) is 0.471. The molecule has 0 spiro atoms. The number of aryl methyl sites for hydroxylation is 1. The molecule has 0 aliphatic heterocycles. The summed E-state index contributed by atoms with van der Waals surface area (Å²) in [5.74, 6) is -0.671. The van der Waals surface area contributed by atoms with Gasteiger partial charge >= 0.3 is 5.97 Å². The summed E-state index contributed by atoms with van der Waals surface area (Å²) in [6.45, 7) is 4.05. The Labute approximate surface area is 137 Å². The fourth-order valence-electron chi connectivity index (χ4n) is 2.85. The number of hydrogen-bond donors (Lipinski definition) is 0. The number of benzene rings is 1. The van der Waals surface area contributed by atoms with Crippen molar-refractivity contribution < 1.29 is 22.1 Å². The summed E-state index contributed by atoms with van der Waals surface area (Å²) in [5, 5.41) is 0. The second-order valence-electron chi connectivity index (χ2n) is 5.66. The minimum absolute atomic E-state index is 0.278. The Morgan fingerprint density at radius 2 is 1.96 bits per heavy atom. The largest absolute Gasteiger partial charge is 0.466 e. The number of rotatable bonds is 5. The Hall–Kier alpha value is -1.66. The summed E-state index contributed by atoms with van der Waals surface area (Å²) in [5.41, 5.74) is 2.72. The van der Waals surface area contributed by atoms with Gasteiger partial charge < -0.3 is 4.74 Å². The van der Waals surface area contributed by atoms with Crippen LogP contribution in [-0.2, 0) is 23.8 Å². The lowest BCUT2D eigenvalue weighted by atomic mass is 9.81. The number of ether oxygens (including phenoxy) is 1. The molecule has 0 saturated carbocycles. The van der Waals surface area contributed by atoms with Crippen LogP contribution in [0.15, 0.2) is 30.3 Å². The summed E-state index contributed by atoms with van der Waals surface area (Å²) < 4.78 is 33.0. The molecule has 0 amide bonds. The molecule has 1 aliphatic carbocycles. The van der Waals surface area contributed by atoms with Gasteiger partial charge in [-0.2, -0.15) is 8.42 Å². The van der Waals surface area contributed by atoms with Crippen LogP contribution in [0.3, 0.4) is 0 Å². The van der Waals surface area contributed by atoms with Crippen LogP contribution in [0.2, 0.25) is 0 Å². The van der Waals surface area contributed by atoms with Crippen molar-refractivity contribution in [3.8, 4) is 0 Å². The molecular weight excluding hydrogens is 316 g/mol. The highest BCUT2D eigenvalue weighted by Crippen LogP contribution is 2.36. The van der Waals surface area contributed by atoms with Crippen molar-refractivity contribution in [1.82, 2.24) is 0 Å². The van der Waals surface area contributed by atoms with Crippen LogP contribution in [-0.4, -0.2) is 33.4 Å². The van der Waals surface area contributed by atoms with Crippen molar-refractivity contribution in [3.05, 3.63) is 41.5 Å².